The molecule has 2 nitrogen and oxygen atoms in total. The molecule has 19 heavy (non-hydrogen) atoms. The van der Waals surface area contributed by atoms with Crippen molar-refractivity contribution in [1.29, 1.82) is 0 Å². The van der Waals surface area contributed by atoms with Crippen LogP contribution in [0.3, 0.4) is 0 Å². The van der Waals surface area contributed by atoms with E-state index in [-0.39, 0.29) is 10.2 Å². The molecule has 100 valence electrons. The molecule has 1 aromatic carbocycles. The Balaban J connectivity index is 2.44. The summed E-state index contributed by atoms with van der Waals surface area (Å²) in [4.78, 5) is 3.67. The predicted molar refractivity (Wildman–Crippen MR) is 71.2 cm³/mol. The van der Waals surface area contributed by atoms with Crippen LogP contribution in [0.1, 0.15) is 5.56 Å². The number of nitrogens with zero attached hydrogens (tertiary/aromatic N) is 1. The van der Waals surface area contributed by atoms with Gasteiger partial charge in [-0.05, 0) is 50.1 Å². The summed E-state index contributed by atoms with van der Waals surface area (Å²) in [6, 6.07) is 7.54. The first kappa shape index (κ1) is 14.3. The van der Waals surface area contributed by atoms with Gasteiger partial charge in [-0.2, -0.15) is 13.2 Å². The maximum absolute atomic E-state index is 12.9. The molecule has 0 aliphatic heterocycles. The van der Waals surface area contributed by atoms with Crippen molar-refractivity contribution in [2.75, 3.05) is 0 Å². The highest BCUT2D eigenvalue weighted by Gasteiger charge is 2.36. The lowest BCUT2D eigenvalue weighted by Crippen LogP contribution is -2.08. The molecule has 0 aliphatic carbocycles. The lowest BCUT2D eigenvalue weighted by molar-refractivity contribution is -0.138. The summed E-state index contributed by atoms with van der Waals surface area (Å²) >= 11 is 6.16. The van der Waals surface area contributed by atoms with Crippen LogP contribution in [-0.2, 0) is 6.18 Å². The average Bonchev–Trinajstić information content (AvgIpc) is 2.33. The standard InChI is InChI=1S/C12H6Br2F3NO/c13-7-5-8(12(15,16)17)11(18-6-7)19-10-4-2-1-3-9(10)14/h1-6H. The number of alkyl halides is 3. The molecule has 0 N–H and O–H groups in total. The summed E-state index contributed by atoms with van der Waals surface area (Å²) in [5.41, 5.74) is -0.933. The summed E-state index contributed by atoms with van der Waals surface area (Å²) in [6.45, 7) is 0. The molecule has 0 amide bonds. The van der Waals surface area contributed by atoms with E-state index in [1.54, 1.807) is 24.3 Å². The number of para-hydroxylation sites is 1. The van der Waals surface area contributed by atoms with Crippen molar-refractivity contribution >= 4 is 31.9 Å². The average molecular weight is 397 g/mol. The van der Waals surface area contributed by atoms with E-state index >= 15 is 0 Å². The SMILES string of the molecule is FC(F)(F)c1cc(Br)cnc1Oc1ccccc1Br. The molecule has 0 unspecified atom stereocenters. The molecule has 7 heteroatoms. The van der Waals surface area contributed by atoms with Crippen LogP contribution in [-0.4, -0.2) is 4.98 Å². The van der Waals surface area contributed by atoms with Crippen molar-refractivity contribution in [2.24, 2.45) is 0 Å². The van der Waals surface area contributed by atoms with E-state index in [0.717, 1.165) is 6.07 Å². The fourth-order valence-corrected chi connectivity index (χ4v) is 2.04. The van der Waals surface area contributed by atoms with Crippen LogP contribution in [0.5, 0.6) is 11.6 Å². The highest BCUT2D eigenvalue weighted by Crippen LogP contribution is 2.39. The number of benzene rings is 1. The van der Waals surface area contributed by atoms with Crippen LogP contribution in [0.4, 0.5) is 13.2 Å². The number of hydrogen-bond acceptors (Lipinski definition) is 2. The number of aromatic nitrogens is 1. The molecule has 2 aromatic rings. The largest absolute Gasteiger partial charge is 0.437 e. The van der Waals surface area contributed by atoms with E-state index in [9.17, 15) is 13.2 Å². The fraction of sp³-hybridized carbons (Fsp3) is 0.0833. The van der Waals surface area contributed by atoms with Crippen LogP contribution in [0.25, 0.3) is 0 Å². The van der Waals surface area contributed by atoms with Crippen LogP contribution < -0.4 is 4.74 Å². The number of halogens is 5. The van der Waals surface area contributed by atoms with Crippen molar-refractivity contribution in [2.45, 2.75) is 6.18 Å². The molecule has 0 radical (unpaired) electrons. The fourth-order valence-electron chi connectivity index (χ4n) is 1.34. The van der Waals surface area contributed by atoms with E-state index in [0.29, 0.717) is 4.47 Å². The molecule has 0 aliphatic rings. The van der Waals surface area contributed by atoms with Gasteiger partial charge in [-0.25, -0.2) is 4.98 Å². The topological polar surface area (TPSA) is 22.1 Å². The van der Waals surface area contributed by atoms with Gasteiger partial charge in [0, 0.05) is 10.7 Å². The molecule has 2 rings (SSSR count). The van der Waals surface area contributed by atoms with Crippen molar-refractivity contribution < 1.29 is 17.9 Å². The minimum absolute atomic E-state index is 0.235. The van der Waals surface area contributed by atoms with Gasteiger partial charge in [0.05, 0.1) is 4.47 Å². The molecule has 0 saturated heterocycles. The second-order valence-electron chi connectivity index (χ2n) is 3.54. The van der Waals surface area contributed by atoms with E-state index in [1.165, 1.54) is 6.20 Å². The minimum Gasteiger partial charge on any atom is -0.437 e. The predicted octanol–water partition coefficient (Wildman–Crippen LogP) is 5.42. The summed E-state index contributed by atoms with van der Waals surface area (Å²) in [5, 5.41) is 0. The third-order valence-corrected chi connectivity index (χ3v) is 3.26. The van der Waals surface area contributed by atoms with Gasteiger partial charge in [0.25, 0.3) is 0 Å². The van der Waals surface area contributed by atoms with Gasteiger partial charge in [0.1, 0.15) is 11.3 Å². The van der Waals surface area contributed by atoms with E-state index < -0.39 is 17.6 Å². The van der Waals surface area contributed by atoms with Gasteiger partial charge in [-0.1, -0.05) is 12.1 Å². The van der Waals surface area contributed by atoms with E-state index in [1.807, 2.05) is 0 Å². The maximum Gasteiger partial charge on any atom is 0.421 e. The molecular formula is C12H6Br2F3NO. The number of ether oxygens (including phenoxy) is 1. The van der Waals surface area contributed by atoms with Gasteiger partial charge >= 0.3 is 6.18 Å². The maximum atomic E-state index is 12.9. The molecule has 0 fully saturated rings. The van der Waals surface area contributed by atoms with Crippen molar-refractivity contribution in [3.63, 3.8) is 0 Å². The molecule has 0 atom stereocenters. The Hall–Kier alpha value is -1.08. The van der Waals surface area contributed by atoms with E-state index in [4.69, 9.17) is 4.74 Å². The van der Waals surface area contributed by atoms with Gasteiger partial charge in [0.2, 0.25) is 5.88 Å². The Labute approximate surface area is 123 Å². The first-order valence-electron chi connectivity index (χ1n) is 5.03. The number of pyridine rings is 1. The zero-order valence-corrected chi connectivity index (χ0v) is 12.4. The normalized spacial score (nSPS) is 11.4. The second-order valence-corrected chi connectivity index (χ2v) is 5.31. The third kappa shape index (κ3) is 3.48. The second kappa shape index (κ2) is 5.50. The molecular weight excluding hydrogens is 391 g/mol. The van der Waals surface area contributed by atoms with Gasteiger partial charge in [-0.3, -0.25) is 0 Å². The molecule has 1 aromatic heterocycles. The van der Waals surface area contributed by atoms with E-state index in [2.05, 4.69) is 36.8 Å². The summed E-state index contributed by atoms with van der Waals surface area (Å²) in [6.07, 6.45) is -3.28. The Morgan fingerprint density at radius 1 is 1.11 bits per heavy atom. The van der Waals surface area contributed by atoms with Crippen LogP contribution in [0.2, 0.25) is 0 Å². The van der Waals surface area contributed by atoms with Crippen LogP contribution in [0.15, 0.2) is 45.5 Å². The Bertz CT molecular complexity index is 602. The molecule has 0 spiro atoms. The van der Waals surface area contributed by atoms with Crippen molar-refractivity contribution in [1.82, 2.24) is 4.98 Å². The number of rotatable bonds is 2. The molecule has 1 heterocycles. The molecule has 0 bridgehead atoms. The lowest BCUT2D eigenvalue weighted by atomic mass is 10.2. The van der Waals surface area contributed by atoms with Crippen molar-refractivity contribution in [3.8, 4) is 11.6 Å². The Morgan fingerprint density at radius 2 is 1.79 bits per heavy atom. The Kier molecular flexibility index (Phi) is 4.15. The zero-order chi connectivity index (χ0) is 14.0. The monoisotopic (exact) mass is 395 g/mol. The smallest absolute Gasteiger partial charge is 0.421 e. The van der Waals surface area contributed by atoms with Crippen LogP contribution >= 0.6 is 31.9 Å². The van der Waals surface area contributed by atoms with Gasteiger partial charge < -0.3 is 4.74 Å². The zero-order valence-electron chi connectivity index (χ0n) is 9.21. The summed E-state index contributed by atoms with van der Waals surface area (Å²) < 4.78 is 44.6. The van der Waals surface area contributed by atoms with Crippen LogP contribution in [0, 0.1) is 0 Å². The summed E-state index contributed by atoms with van der Waals surface area (Å²) in [7, 11) is 0. The van der Waals surface area contributed by atoms with Gasteiger partial charge in [0.15, 0.2) is 0 Å². The first-order valence-corrected chi connectivity index (χ1v) is 6.61. The quantitative estimate of drug-likeness (QED) is 0.676. The Morgan fingerprint density at radius 3 is 2.42 bits per heavy atom. The molecule has 0 saturated carbocycles. The van der Waals surface area contributed by atoms with Crippen molar-refractivity contribution in [3.05, 3.63) is 51.0 Å². The third-order valence-electron chi connectivity index (χ3n) is 2.17. The number of hydrogen-bond donors (Lipinski definition) is 0. The lowest BCUT2D eigenvalue weighted by Gasteiger charge is -2.13. The van der Waals surface area contributed by atoms with Gasteiger partial charge in [-0.15, -0.1) is 0 Å². The highest BCUT2D eigenvalue weighted by atomic mass is 79.9. The minimum atomic E-state index is -4.53. The highest BCUT2D eigenvalue weighted by molar-refractivity contribution is 9.10. The summed E-state index contributed by atoms with van der Waals surface area (Å²) in [5.74, 6) is -0.217. The first-order chi connectivity index (χ1) is 8.88.